The first-order chi connectivity index (χ1) is 11.7. The molecule has 0 aromatic heterocycles. The number of rotatable bonds is 3. The Hall–Kier alpha value is -1.79. The Kier molecular flexibility index (Phi) is 6.30. The predicted octanol–water partition coefficient (Wildman–Crippen LogP) is 1.76. The average Bonchev–Trinajstić information content (AvgIpc) is 3.06. The van der Waals surface area contributed by atoms with Gasteiger partial charge in [-0.15, -0.1) is 0 Å². The molecule has 2 heterocycles. The molecule has 0 radical (unpaired) electrons. The van der Waals surface area contributed by atoms with E-state index in [9.17, 15) is 14.4 Å². The zero-order valence-corrected chi connectivity index (χ0v) is 15.8. The zero-order valence-electron chi connectivity index (χ0n) is 15.8. The highest BCUT2D eigenvalue weighted by Gasteiger charge is 2.33. The molecule has 1 N–H and O–H groups in total. The molecule has 0 aromatic carbocycles. The van der Waals surface area contributed by atoms with Crippen molar-refractivity contribution in [2.24, 2.45) is 5.92 Å². The largest absolute Gasteiger partial charge is 0.444 e. The maximum absolute atomic E-state index is 12.5. The number of alkyl carbamates (subject to hydrolysis) is 1. The molecule has 2 fully saturated rings. The maximum atomic E-state index is 12.5. The van der Waals surface area contributed by atoms with Gasteiger partial charge in [-0.3, -0.25) is 9.59 Å². The van der Waals surface area contributed by atoms with Crippen LogP contribution in [0.15, 0.2) is 0 Å². The molecule has 0 aromatic rings. The van der Waals surface area contributed by atoms with Gasteiger partial charge in [0.05, 0.1) is 0 Å². The van der Waals surface area contributed by atoms with Crippen molar-refractivity contribution in [2.75, 3.05) is 26.2 Å². The summed E-state index contributed by atoms with van der Waals surface area (Å²) in [5, 5.41) is 2.58. The van der Waals surface area contributed by atoms with Gasteiger partial charge in [-0.25, -0.2) is 4.79 Å². The predicted molar refractivity (Wildman–Crippen MR) is 93.9 cm³/mol. The fourth-order valence-corrected chi connectivity index (χ4v) is 3.36. The summed E-state index contributed by atoms with van der Waals surface area (Å²) in [6.07, 6.45) is 2.99. The number of amides is 3. The lowest BCUT2D eigenvalue weighted by atomic mass is 9.95. The lowest BCUT2D eigenvalue weighted by Gasteiger charge is -2.34. The molecule has 7 nitrogen and oxygen atoms in total. The van der Waals surface area contributed by atoms with Crippen LogP contribution >= 0.6 is 0 Å². The van der Waals surface area contributed by atoms with Gasteiger partial charge in [0.1, 0.15) is 11.6 Å². The van der Waals surface area contributed by atoms with E-state index in [0.717, 1.165) is 25.9 Å². The Morgan fingerprint density at radius 2 is 1.56 bits per heavy atom. The Morgan fingerprint density at radius 1 is 1.00 bits per heavy atom. The van der Waals surface area contributed by atoms with Crippen LogP contribution in [0, 0.1) is 5.92 Å². The molecule has 7 heteroatoms. The van der Waals surface area contributed by atoms with Gasteiger partial charge in [-0.05, 0) is 53.4 Å². The van der Waals surface area contributed by atoms with E-state index in [0.29, 0.717) is 25.9 Å². The summed E-state index contributed by atoms with van der Waals surface area (Å²) in [6.45, 7) is 9.86. The van der Waals surface area contributed by atoms with Crippen molar-refractivity contribution in [3.8, 4) is 0 Å². The van der Waals surface area contributed by atoms with E-state index in [4.69, 9.17) is 4.74 Å². The minimum Gasteiger partial charge on any atom is -0.444 e. The highest BCUT2D eigenvalue weighted by molar-refractivity contribution is 5.86. The first-order valence-corrected chi connectivity index (χ1v) is 9.24. The molecule has 2 aliphatic heterocycles. The Labute approximate surface area is 150 Å². The van der Waals surface area contributed by atoms with Gasteiger partial charge in [0.15, 0.2) is 0 Å². The van der Waals surface area contributed by atoms with Crippen LogP contribution in [0.3, 0.4) is 0 Å². The molecule has 1 unspecified atom stereocenters. The van der Waals surface area contributed by atoms with Crippen LogP contribution in [0.1, 0.15) is 53.4 Å². The second kappa shape index (κ2) is 8.06. The highest BCUT2D eigenvalue weighted by atomic mass is 16.6. The quantitative estimate of drug-likeness (QED) is 0.838. The molecule has 0 bridgehead atoms. The van der Waals surface area contributed by atoms with Crippen LogP contribution in [-0.2, 0) is 14.3 Å². The molecule has 2 saturated heterocycles. The van der Waals surface area contributed by atoms with E-state index < -0.39 is 17.7 Å². The Morgan fingerprint density at radius 3 is 2.08 bits per heavy atom. The third-order valence-corrected chi connectivity index (χ3v) is 4.68. The molecule has 0 aliphatic carbocycles. The Balaban J connectivity index is 1.78. The normalized spacial score (nSPS) is 20.3. The molecule has 0 spiro atoms. The number of nitrogens with zero attached hydrogens (tertiary/aromatic N) is 2. The molecule has 2 aliphatic rings. The SMILES string of the molecule is CC(NC(=O)OC(C)(C)C)C(=O)N1CCC(C(=O)N2CCCC2)CC1. The smallest absolute Gasteiger partial charge is 0.408 e. The first kappa shape index (κ1) is 19.5. The summed E-state index contributed by atoms with van der Waals surface area (Å²) >= 11 is 0. The van der Waals surface area contributed by atoms with E-state index in [-0.39, 0.29) is 17.7 Å². The van der Waals surface area contributed by atoms with Crippen molar-refractivity contribution < 1.29 is 19.1 Å². The third-order valence-electron chi connectivity index (χ3n) is 4.68. The molecule has 2 rings (SSSR count). The summed E-state index contributed by atoms with van der Waals surface area (Å²) in [5.41, 5.74) is -0.596. The molecule has 0 saturated carbocycles. The fourth-order valence-electron chi connectivity index (χ4n) is 3.36. The highest BCUT2D eigenvalue weighted by Crippen LogP contribution is 2.22. The lowest BCUT2D eigenvalue weighted by Crippen LogP contribution is -2.51. The summed E-state index contributed by atoms with van der Waals surface area (Å²) in [4.78, 5) is 40.4. The van der Waals surface area contributed by atoms with Gasteiger partial charge >= 0.3 is 6.09 Å². The Bertz CT molecular complexity index is 501. The van der Waals surface area contributed by atoms with Crippen molar-refractivity contribution in [3.63, 3.8) is 0 Å². The van der Waals surface area contributed by atoms with Gasteiger partial charge in [-0.1, -0.05) is 0 Å². The summed E-state index contributed by atoms with van der Waals surface area (Å²) < 4.78 is 5.18. The maximum Gasteiger partial charge on any atom is 0.408 e. The molecule has 142 valence electrons. The van der Waals surface area contributed by atoms with Gasteiger partial charge in [-0.2, -0.15) is 0 Å². The van der Waals surface area contributed by atoms with E-state index >= 15 is 0 Å². The second-order valence-corrected chi connectivity index (χ2v) is 8.00. The first-order valence-electron chi connectivity index (χ1n) is 9.24. The number of carbonyl (C=O) groups is 3. The van der Waals surface area contributed by atoms with Crippen LogP contribution in [0.25, 0.3) is 0 Å². The second-order valence-electron chi connectivity index (χ2n) is 8.00. The zero-order chi connectivity index (χ0) is 18.6. The molecule has 1 atom stereocenters. The van der Waals surface area contributed by atoms with E-state index in [2.05, 4.69) is 5.32 Å². The van der Waals surface area contributed by atoms with Gasteiger partial charge in [0.2, 0.25) is 11.8 Å². The topological polar surface area (TPSA) is 79.0 Å². The van der Waals surface area contributed by atoms with Gasteiger partial charge in [0, 0.05) is 32.1 Å². The van der Waals surface area contributed by atoms with Crippen molar-refractivity contribution in [2.45, 2.75) is 65.0 Å². The van der Waals surface area contributed by atoms with Crippen LogP contribution in [-0.4, -0.2) is 65.5 Å². The van der Waals surface area contributed by atoms with Crippen molar-refractivity contribution in [1.29, 1.82) is 0 Å². The standard InChI is InChI=1S/C18H31N3O4/c1-13(19-17(24)25-18(2,3)4)15(22)21-11-7-14(8-12-21)16(23)20-9-5-6-10-20/h13-14H,5-12H2,1-4H3,(H,19,24). The molecular weight excluding hydrogens is 322 g/mol. The molecule has 3 amide bonds. The van der Waals surface area contributed by atoms with E-state index in [1.54, 1.807) is 32.6 Å². The number of piperidine rings is 1. The number of likely N-dealkylation sites (tertiary alicyclic amines) is 2. The summed E-state index contributed by atoms with van der Waals surface area (Å²) in [5.74, 6) is 0.138. The number of carbonyl (C=O) groups excluding carboxylic acids is 3. The van der Waals surface area contributed by atoms with Gasteiger partial charge in [0.25, 0.3) is 0 Å². The van der Waals surface area contributed by atoms with Crippen molar-refractivity contribution in [3.05, 3.63) is 0 Å². The van der Waals surface area contributed by atoms with Crippen LogP contribution < -0.4 is 5.32 Å². The van der Waals surface area contributed by atoms with Crippen LogP contribution in [0.4, 0.5) is 4.79 Å². The summed E-state index contributed by atoms with van der Waals surface area (Å²) in [7, 11) is 0. The summed E-state index contributed by atoms with van der Waals surface area (Å²) in [6, 6.07) is -0.638. The van der Waals surface area contributed by atoms with E-state index in [1.807, 2.05) is 4.90 Å². The monoisotopic (exact) mass is 353 g/mol. The lowest BCUT2D eigenvalue weighted by molar-refractivity contribution is -0.140. The minimum atomic E-state index is -0.638. The number of hydrogen-bond donors (Lipinski definition) is 1. The van der Waals surface area contributed by atoms with Crippen molar-refractivity contribution in [1.82, 2.24) is 15.1 Å². The van der Waals surface area contributed by atoms with E-state index in [1.165, 1.54) is 0 Å². The number of hydrogen-bond acceptors (Lipinski definition) is 4. The van der Waals surface area contributed by atoms with Crippen molar-refractivity contribution >= 4 is 17.9 Å². The average molecular weight is 353 g/mol. The van der Waals surface area contributed by atoms with Crippen LogP contribution in [0.2, 0.25) is 0 Å². The number of ether oxygens (including phenoxy) is 1. The fraction of sp³-hybridized carbons (Fsp3) is 0.833. The number of nitrogens with one attached hydrogen (secondary N) is 1. The van der Waals surface area contributed by atoms with Crippen LogP contribution in [0.5, 0.6) is 0 Å². The third kappa shape index (κ3) is 5.61. The minimum absolute atomic E-state index is 0.0243. The van der Waals surface area contributed by atoms with Gasteiger partial charge < -0.3 is 19.9 Å². The molecule has 25 heavy (non-hydrogen) atoms. The molecular formula is C18H31N3O4.